The van der Waals surface area contributed by atoms with Crippen LogP contribution in [-0.2, 0) is 0 Å². The molecule has 5 heteroatoms. The van der Waals surface area contributed by atoms with Crippen molar-refractivity contribution in [3.63, 3.8) is 0 Å². The Morgan fingerprint density at radius 1 is 1.20 bits per heavy atom. The van der Waals surface area contributed by atoms with Gasteiger partial charge in [0.05, 0.1) is 10.6 Å². The Balaban J connectivity index is 2.33. The quantitative estimate of drug-likeness (QED) is 0.822. The molecule has 0 aromatic heterocycles. The van der Waals surface area contributed by atoms with Gasteiger partial charge in [-0.2, -0.15) is 0 Å². The van der Waals surface area contributed by atoms with E-state index in [2.05, 4.69) is 15.9 Å². The molecule has 0 heterocycles. The van der Waals surface area contributed by atoms with Gasteiger partial charge in [0.15, 0.2) is 0 Å². The van der Waals surface area contributed by atoms with Crippen molar-refractivity contribution >= 4 is 33.5 Å². The van der Waals surface area contributed by atoms with E-state index >= 15 is 0 Å². The van der Waals surface area contributed by atoms with Gasteiger partial charge in [0.2, 0.25) is 0 Å². The van der Waals surface area contributed by atoms with Gasteiger partial charge in [-0.25, -0.2) is 4.79 Å². The molecule has 0 fully saturated rings. The molecule has 0 spiro atoms. The number of hydrogen-bond donors (Lipinski definition) is 1. The largest absolute Gasteiger partial charge is 0.478 e. The summed E-state index contributed by atoms with van der Waals surface area (Å²) in [6.45, 7) is 3.94. The highest BCUT2D eigenvalue weighted by Gasteiger charge is 2.10. The summed E-state index contributed by atoms with van der Waals surface area (Å²) in [7, 11) is 0. The molecule has 20 heavy (non-hydrogen) atoms. The third kappa shape index (κ3) is 3.14. The van der Waals surface area contributed by atoms with Crippen LogP contribution >= 0.6 is 27.5 Å². The average molecular weight is 356 g/mol. The van der Waals surface area contributed by atoms with E-state index in [9.17, 15) is 4.79 Å². The lowest BCUT2D eigenvalue weighted by Crippen LogP contribution is -1.96. The van der Waals surface area contributed by atoms with Crippen molar-refractivity contribution in [2.45, 2.75) is 13.8 Å². The lowest BCUT2D eigenvalue weighted by Gasteiger charge is -2.11. The molecule has 0 saturated heterocycles. The summed E-state index contributed by atoms with van der Waals surface area (Å²) >= 11 is 9.53. The van der Waals surface area contributed by atoms with E-state index in [1.165, 1.54) is 12.1 Å². The van der Waals surface area contributed by atoms with Crippen molar-refractivity contribution < 1.29 is 14.6 Å². The molecule has 0 aliphatic rings. The fourth-order valence-electron chi connectivity index (χ4n) is 1.81. The molecule has 104 valence electrons. The van der Waals surface area contributed by atoms with Crippen molar-refractivity contribution in [1.82, 2.24) is 0 Å². The molecular formula is C15H12BrClO3. The van der Waals surface area contributed by atoms with Crippen LogP contribution in [-0.4, -0.2) is 11.1 Å². The zero-order valence-corrected chi connectivity index (χ0v) is 13.2. The van der Waals surface area contributed by atoms with Gasteiger partial charge in [0.25, 0.3) is 0 Å². The Kier molecular flexibility index (Phi) is 4.35. The second kappa shape index (κ2) is 5.85. The summed E-state index contributed by atoms with van der Waals surface area (Å²) in [5.74, 6) is 0.0692. The van der Waals surface area contributed by atoms with Crippen LogP contribution in [0.25, 0.3) is 0 Å². The maximum absolute atomic E-state index is 10.8. The Labute approximate surface area is 130 Å². The minimum atomic E-state index is -1.02. The Morgan fingerprint density at radius 2 is 1.80 bits per heavy atom. The predicted octanol–water partition coefficient (Wildman–Crippen LogP) is 5.21. The smallest absolute Gasteiger partial charge is 0.335 e. The summed E-state index contributed by atoms with van der Waals surface area (Å²) < 4.78 is 6.75. The molecule has 0 aliphatic heterocycles. The number of carboxylic acids is 1. The number of halogens is 2. The van der Waals surface area contributed by atoms with E-state index < -0.39 is 5.97 Å². The van der Waals surface area contributed by atoms with Crippen LogP contribution < -0.4 is 4.74 Å². The standard InChI is InChI=1S/C15H12BrClO3/c1-8-5-11(6-9(2)14(8)16)20-13-4-3-10(15(18)19)7-12(13)17/h3-7H,1-2H3,(H,18,19). The second-order valence-corrected chi connectivity index (χ2v) is 5.62. The average Bonchev–Trinajstić information content (AvgIpc) is 2.38. The summed E-state index contributed by atoms with van der Waals surface area (Å²) in [5, 5.41) is 9.16. The first-order chi connectivity index (χ1) is 9.38. The van der Waals surface area contributed by atoms with Gasteiger partial charge < -0.3 is 9.84 Å². The second-order valence-electron chi connectivity index (χ2n) is 4.42. The summed E-state index contributed by atoms with van der Waals surface area (Å²) in [6.07, 6.45) is 0. The number of hydrogen-bond acceptors (Lipinski definition) is 2. The van der Waals surface area contributed by atoms with Crippen LogP contribution in [0, 0.1) is 13.8 Å². The Bertz CT molecular complexity index is 660. The SMILES string of the molecule is Cc1cc(Oc2ccc(C(=O)O)cc2Cl)cc(C)c1Br. The molecule has 0 radical (unpaired) electrons. The first-order valence-corrected chi connectivity index (χ1v) is 7.03. The topological polar surface area (TPSA) is 46.5 Å². The van der Waals surface area contributed by atoms with Crippen LogP contribution in [0.15, 0.2) is 34.8 Å². The number of aromatic carboxylic acids is 1. The minimum Gasteiger partial charge on any atom is -0.478 e. The van der Waals surface area contributed by atoms with Crippen molar-refractivity contribution in [2.24, 2.45) is 0 Å². The highest BCUT2D eigenvalue weighted by atomic mass is 79.9. The fourth-order valence-corrected chi connectivity index (χ4v) is 2.26. The van der Waals surface area contributed by atoms with Gasteiger partial charge in [-0.3, -0.25) is 0 Å². The third-order valence-electron chi connectivity index (χ3n) is 2.82. The van der Waals surface area contributed by atoms with Crippen molar-refractivity contribution in [3.8, 4) is 11.5 Å². The van der Waals surface area contributed by atoms with Crippen LogP contribution in [0.1, 0.15) is 21.5 Å². The molecule has 0 saturated carbocycles. The van der Waals surface area contributed by atoms with Gasteiger partial charge >= 0.3 is 5.97 Å². The lowest BCUT2D eigenvalue weighted by atomic mass is 10.1. The molecule has 3 nitrogen and oxygen atoms in total. The van der Waals surface area contributed by atoms with Crippen molar-refractivity contribution in [1.29, 1.82) is 0 Å². The first-order valence-electron chi connectivity index (χ1n) is 5.86. The number of carbonyl (C=O) groups is 1. The van der Waals surface area contributed by atoms with Gasteiger partial charge in [0, 0.05) is 4.47 Å². The van der Waals surface area contributed by atoms with Gasteiger partial charge in [-0.1, -0.05) is 27.5 Å². The molecular weight excluding hydrogens is 344 g/mol. The number of carboxylic acid groups (broad SMARTS) is 1. The highest BCUT2D eigenvalue weighted by molar-refractivity contribution is 9.10. The zero-order valence-electron chi connectivity index (χ0n) is 10.9. The summed E-state index contributed by atoms with van der Waals surface area (Å²) in [4.78, 5) is 10.8. The summed E-state index contributed by atoms with van der Waals surface area (Å²) in [6, 6.07) is 8.16. The molecule has 2 aromatic rings. The highest BCUT2D eigenvalue weighted by Crippen LogP contribution is 2.33. The minimum absolute atomic E-state index is 0.130. The molecule has 0 bridgehead atoms. The van der Waals surface area contributed by atoms with E-state index in [-0.39, 0.29) is 10.6 Å². The van der Waals surface area contributed by atoms with E-state index in [1.54, 1.807) is 6.07 Å². The number of ether oxygens (including phenoxy) is 1. The van der Waals surface area contributed by atoms with Gasteiger partial charge in [-0.05, 0) is 55.3 Å². The van der Waals surface area contributed by atoms with Crippen molar-refractivity contribution in [3.05, 3.63) is 56.5 Å². The van der Waals surface area contributed by atoms with Gasteiger partial charge in [0.1, 0.15) is 11.5 Å². The van der Waals surface area contributed by atoms with E-state index in [0.717, 1.165) is 15.6 Å². The lowest BCUT2D eigenvalue weighted by molar-refractivity contribution is 0.0697. The van der Waals surface area contributed by atoms with E-state index in [4.69, 9.17) is 21.4 Å². The molecule has 1 N–H and O–H groups in total. The van der Waals surface area contributed by atoms with Crippen molar-refractivity contribution in [2.75, 3.05) is 0 Å². The Hall–Kier alpha value is -1.52. The molecule has 2 aromatic carbocycles. The maximum atomic E-state index is 10.8. The monoisotopic (exact) mass is 354 g/mol. The first kappa shape index (κ1) is 14.9. The summed E-state index contributed by atoms with van der Waals surface area (Å²) in [5.41, 5.74) is 2.24. The fraction of sp³-hybridized carbons (Fsp3) is 0.133. The number of aryl methyl sites for hydroxylation is 2. The Morgan fingerprint density at radius 3 is 2.30 bits per heavy atom. The van der Waals surface area contributed by atoms with E-state index in [0.29, 0.717) is 11.5 Å². The van der Waals surface area contributed by atoms with Crippen LogP contribution in [0.3, 0.4) is 0 Å². The maximum Gasteiger partial charge on any atom is 0.335 e. The molecule has 0 unspecified atom stereocenters. The zero-order chi connectivity index (χ0) is 14.9. The normalized spacial score (nSPS) is 10.4. The van der Waals surface area contributed by atoms with Crippen LogP contribution in [0.4, 0.5) is 0 Å². The molecule has 0 amide bonds. The number of rotatable bonds is 3. The van der Waals surface area contributed by atoms with Crippen LogP contribution in [0.5, 0.6) is 11.5 Å². The molecule has 2 rings (SSSR count). The van der Waals surface area contributed by atoms with Crippen LogP contribution in [0.2, 0.25) is 5.02 Å². The predicted molar refractivity (Wildman–Crippen MR) is 82.1 cm³/mol. The van der Waals surface area contributed by atoms with Gasteiger partial charge in [-0.15, -0.1) is 0 Å². The van der Waals surface area contributed by atoms with E-state index in [1.807, 2.05) is 26.0 Å². The molecule has 0 aliphatic carbocycles. The molecule has 0 atom stereocenters. The number of benzene rings is 2. The third-order valence-corrected chi connectivity index (χ3v) is 4.36.